The topological polar surface area (TPSA) is 105 Å². The Morgan fingerprint density at radius 1 is 1.00 bits per heavy atom. The molecule has 0 unspecified atom stereocenters. The van der Waals surface area contributed by atoms with Gasteiger partial charge in [-0.1, -0.05) is 41.7 Å². The van der Waals surface area contributed by atoms with Crippen molar-refractivity contribution >= 4 is 40.7 Å². The summed E-state index contributed by atoms with van der Waals surface area (Å²) in [6.45, 7) is 5.99. The lowest BCUT2D eigenvalue weighted by Gasteiger charge is -2.23. The van der Waals surface area contributed by atoms with Crippen LogP contribution in [0, 0.1) is 0 Å². The van der Waals surface area contributed by atoms with Crippen LogP contribution < -0.4 is 24.4 Å². The summed E-state index contributed by atoms with van der Waals surface area (Å²) in [7, 11) is 1.55. The van der Waals surface area contributed by atoms with Gasteiger partial charge in [0.15, 0.2) is 16.3 Å². The molecule has 222 valence electrons. The summed E-state index contributed by atoms with van der Waals surface area (Å²) in [5.74, 6) is 0.0922. The monoisotopic (exact) mass is 618 g/mol. The number of para-hydroxylation sites is 1. The van der Waals surface area contributed by atoms with E-state index >= 15 is 0 Å². The molecule has 2 aromatic heterocycles. The fourth-order valence-corrected chi connectivity index (χ4v) is 6.58. The largest absolute Gasteiger partial charge is 0.493 e. The molecule has 1 atom stereocenters. The van der Waals surface area contributed by atoms with Crippen LogP contribution >= 0.6 is 22.7 Å². The van der Waals surface area contributed by atoms with E-state index in [1.807, 2.05) is 29.6 Å². The van der Waals surface area contributed by atoms with E-state index in [4.69, 9.17) is 18.9 Å². The van der Waals surface area contributed by atoms with Crippen molar-refractivity contribution in [1.82, 2.24) is 4.57 Å². The minimum atomic E-state index is -0.643. The zero-order chi connectivity index (χ0) is 30.5. The van der Waals surface area contributed by atoms with E-state index in [1.54, 1.807) is 68.9 Å². The van der Waals surface area contributed by atoms with Gasteiger partial charge >= 0.3 is 11.9 Å². The van der Waals surface area contributed by atoms with Crippen LogP contribution in [-0.2, 0) is 20.9 Å². The van der Waals surface area contributed by atoms with Gasteiger partial charge in [0.05, 0.1) is 41.7 Å². The summed E-state index contributed by atoms with van der Waals surface area (Å²) in [6, 6.07) is 15.6. The molecule has 5 rings (SSSR count). The number of nitrogens with zero attached hydrogens (tertiary/aromatic N) is 2. The molecule has 0 amide bonds. The van der Waals surface area contributed by atoms with E-state index in [1.165, 1.54) is 22.7 Å². The summed E-state index contributed by atoms with van der Waals surface area (Å²) in [4.78, 5) is 44.9. The molecular formula is C32H30N2O7S2. The molecule has 0 spiro atoms. The van der Waals surface area contributed by atoms with Crippen LogP contribution in [0.4, 0.5) is 0 Å². The maximum Gasteiger partial charge on any atom is 0.338 e. The first-order valence-electron chi connectivity index (χ1n) is 13.6. The zero-order valence-corrected chi connectivity index (χ0v) is 25.8. The van der Waals surface area contributed by atoms with Crippen molar-refractivity contribution in [2.24, 2.45) is 4.99 Å². The van der Waals surface area contributed by atoms with Crippen LogP contribution in [-0.4, -0.2) is 36.8 Å². The molecule has 2 aromatic carbocycles. The Labute approximate surface area is 256 Å². The smallest absolute Gasteiger partial charge is 0.338 e. The molecule has 1 aliphatic rings. The first-order valence-corrected chi connectivity index (χ1v) is 15.3. The molecule has 0 radical (unpaired) electrons. The highest BCUT2D eigenvalue weighted by Crippen LogP contribution is 2.34. The van der Waals surface area contributed by atoms with E-state index in [0.29, 0.717) is 49.8 Å². The fourth-order valence-electron chi connectivity index (χ4n) is 4.72. The molecule has 4 aromatic rings. The lowest BCUT2D eigenvalue weighted by atomic mass is 10.0. The Bertz CT molecular complexity index is 1850. The number of thiazole rings is 1. The Hall–Kier alpha value is -4.48. The third-order valence-electron chi connectivity index (χ3n) is 6.69. The second-order valence-electron chi connectivity index (χ2n) is 9.40. The maximum absolute atomic E-state index is 13.9. The van der Waals surface area contributed by atoms with Gasteiger partial charge in [-0.15, -0.1) is 11.3 Å². The van der Waals surface area contributed by atoms with E-state index in [9.17, 15) is 14.4 Å². The number of aromatic nitrogens is 1. The number of methoxy groups -OCH3 is 1. The summed E-state index contributed by atoms with van der Waals surface area (Å²) in [6.07, 6.45) is 1.75. The second-order valence-corrected chi connectivity index (χ2v) is 11.4. The first-order chi connectivity index (χ1) is 20.9. The summed E-state index contributed by atoms with van der Waals surface area (Å²) >= 11 is 2.70. The van der Waals surface area contributed by atoms with Crippen LogP contribution in [0.3, 0.4) is 0 Å². The summed E-state index contributed by atoms with van der Waals surface area (Å²) in [5.41, 5.74) is 2.52. The van der Waals surface area contributed by atoms with Gasteiger partial charge in [-0.2, -0.15) is 0 Å². The SMILES string of the molecule is CCOC(=O)C1=C(C)N=c2s/c(=C\c3cccc(OC)c3OCc3ccc(C(=O)OCC)cc3)c(=O)n2[C@H]1c1cccs1. The normalized spacial score (nSPS) is 14.6. The predicted molar refractivity (Wildman–Crippen MR) is 164 cm³/mol. The van der Waals surface area contributed by atoms with Gasteiger partial charge in [0.2, 0.25) is 0 Å². The Morgan fingerprint density at radius 3 is 2.42 bits per heavy atom. The quantitative estimate of drug-likeness (QED) is 0.239. The molecule has 0 saturated heterocycles. The molecule has 11 heteroatoms. The van der Waals surface area contributed by atoms with Crippen molar-refractivity contribution in [1.29, 1.82) is 0 Å². The second kappa shape index (κ2) is 13.2. The lowest BCUT2D eigenvalue weighted by Crippen LogP contribution is -2.39. The average Bonchev–Trinajstić information content (AvgIpc) is 3.64. The van der Waals surface area contributed by atoms with Crippen LogP contribution in [0.1, 0.15) is 53.2 Å². The van der Waals surface area contributed by atoms with Gasteiger partial charge in [-0.3, -0.25) is 9.36 Å². The van der Waals surface area contributed by atoms with Crippen LogP contribution in [0.15, 0.2) is 81.0 Å². The van der Waals surface area contributed by atoms with E-state index in [-0.39, 0.29) is 24.7 Å². The standard InChI is InChI=1S/C32H30N2O7S2/c1-5-39-30(36)21-14-12-20(13-15-21)18-41-28-22(9-7-10-23(28)38-4)17-25-29(35)34-27(24-11-8-16-42-24)26(31(37)40-6-2)19(3)33-32(34)43-25/h7-17,27H,5-6,18H2,1-4H3/b25-17-/t27-/m0/s1. The highest BCUT2D eigenvalue weighted by molar-refractivity contribution is 7.10. The molecule has 0 saturated carbocycles. The minimum Gasteiger partial charge on any atom is -0.493 e. The fraction of sp³-hybridized carbons (Fsp3) is 0.250. The first kappa shape index (κ1) is 30.0. The molecule has 0 fully saturated rings. The lowest BCUT2D eigenvalue weighted by molar-refractivity contribution is -0.139. The van der Waals surface area contributed by atoms with Gasteiger partial charge in [-0.25, -0.2) is 14.6 Å². The number of fused-ring (bicyclic) bond motifs is 1. The molecule has 0 bridgehead atoms. The highest BCUT2D eigenvalue weighted by atomic mass is 32.1. The summed E-state index contributed by atoms with van der Waals surface area (Å²) < 4.78 is 24.2. The van der Waals surface area contributed by atoms with E-state index < -0.39 is 12.0 Å². The molecule has 9 nitrogen and oxygen atoms in total. The van der Waals surface area contributed by atoms with Crippen LogP contribution in [0.2, 0.25) is 0 Å². The molecule has 0 N–H and O–H groups in total. The van der Waals surface area contributed by atoms with Crippen molar-refractivity contribution in [2.75, 3.05) is 20.3 Å². The van der Waals surface area contributed by atoms with E-state index in [0.717, 1.165) is 10.4 Å². The zero-order valence-electron chi connectivity index (χ0n) is 24.1. The van der Waals surface area contributed by atoms with Gasteiger partial charge in [0.25, 0.3) is 5.56 Å². The van der Waals surface area contributed by atoms with E-state index in [2.05, 4.69) is 4.99 Å². The molecule has 43 heavy (non-hydrogen) atoms. The molecule has 3 heterocycles. The van der Waals surface area contributed by atoms with Gasteiger partial charge in [0, 0.05) is 10.4 Å². The number of carbonyl (C=O) groups excluding carboxylic acids is 2. The van der Waals surface area contributed by atoms with Crippen molar-refractivity contribution < 1.29 is 28.5 Å². The Kier molecular flexibility index (Phi) is 9.22. The number of thiophene rings is 1. The van der Waals surface area contributed by atoms with Gasteiger partial charge in [-0.05, 0) is 62.1 Å². The Balaban J connectivity index is 1.53. The number of hydrogen-bond donors (Lipinski definition) is 0. The number of allylic oxidation sites excluding steroid dienone is 1. The van der Waals surface area contributed by atoms with Crippen molar-refractivity contribution in [3.05, 3.63) is 113 Å². The number of hydrogen-bond acceptors (Lipinski definition) is 10. The van der Waals surface area contributed by atoms with Gasteiger partial charge < -0.3 is 18.9 Å². The number of ether oxygens (including phenoxy) is 4. The number of rotatable bonds is 10. The molecule has 1 aliphatic heterocycles. The number of carbonyl (C=O) groups is 2. The maximum atomic E-state index is 13.9. The van der Waals surface area contributed by atoms with Crippen LogP contribution in [0.25, 0.3) is 6.08 Å². The third kappa shape index (κ3) is 6.18. The third-order valence-corrected chi connectivity index (χ3v) is 8.60. The Morgan fingerprint density at radius 2 is 1.74 bits per heavy atom. The predicted octanol–water partition coefficient (Wildman–Crippen LogP) is 4.62. The van der Waals surface area contributed by atoms with Crippen molar-refractivity contribution in [3.63, 3.8) is 0 Å². The molecular weight excluding hydrogens is 588 g/mol. The van der Waals surface area contributed by atoms with Crippen molar-refractivity contribution in [3.8, 4) is 11.5 Å². The van der Waals surface area contributed by atoms with Crippen molar-refractivity contribution in [2.45, 2.75) is 33.4 Å². The highest BCUT2D eigenvalue weighted by Gasteiger charge is 2.34. The average molecular weight is 619 g/mol. The van der Waals surface area contributed by atoms with Gasteiger partial charge in [0.1, 0.15) is 12.6 Å². The van der Waals surface area contributed by atoms with Crippen LogP contribution in [0.5, 0.6) is 11.5 Å². The minimum absolute atomic E-state index is 0.200. The summed E-state index contributed by atoms with van der Waals surface area (Å²) in [5, 5.41) is 1.91. The number of benzene rings is 2. The molecule has 0 aliphatic carbocycles. The number of esters is 2.